The van der Waals surface area contributed by atoms with Crippen molar-refractivity contribution in [1.29, 1.82) is 0 Å². The highest BCUT2D eigenvalue weighted by molar-refractivity contribution is 7.17. The summed E-state index contributed by atoms with van der Waals surface area (Å²) in [4.78, 5) is 26.7. The average Bonchev–Trinajstić information content (AvgIpc) is 3.39. The number of anilines is 2. The summed E-state index contributed by atoms with van der Waals surface area (Å²) in [7, 11) is 0. The van der Waals surface area contributed by atoms with Crippen molar-refractivity contribution in [2.24, 2.45) is 17.1 Å². The molecule has 0 saturated heterocycles. The maximum atomic E-state index is 14.1. The second-order valence-corrected chi connectivity index (χ2v) is 12.7. The third-order valence-electron chi connectivity index (χ3n) is 7.68. The molecule has 3 heterocycles. The number of hydrogen-bond donors (Lipinski definition) is 3. The summed E-state index contributed by atoms with van der Waals surface area (Å²) in [6, 6.07) is 6.05. The average molecular weight is 580 g/mol. The molecular weight excluding hydrogens is 551 g/mol. The lowest BCUT2D eigenvalue weighted by Gasteiger charge is -2.33. The summed E-state index contributed by atoms with van der Waals surface area (Å²) in [5, 5.41) is 9.74. The highest BCUT2D eigenvalue weighted by Gasteiger charge is 2.48. The molecule has 0 bridgehead atoms. The zero-order valence-electron chi connectivity index (χ0n) is 21.7. The molecule has 39 heavy (non-hydrogen) atoms. The Morgan fingerprint density at radius 3 is 2.51 bits per heavy atom. The molecule has 3 aromatic rings. The van der Waals surface area contributed by atoms with E-state index in [-0.39, 0.29) is 38.9 Å². The van der Waals surface area contributed by atoms with Crippen molar-refractivity contribution in [3.05, 3.63) is 62.6 Å². The fourth-order valence-corrected chi connectivity index (χ4v) is 7.07. The lowest BCUT2D eigenvalue weighted by atomic mass is 9.72. The second-order valence-electron chi connectivity index (χ2n) is 11.2. The number of halogens is 4. The quantitative estimate of drug-likeness (QED) is 0.318. The predicted octanol–water partition coefficient (Wildman–Crippen LogP) is 6.76. The molecule has 0 radical (unpaired) electrons. The summed E-state index contributed by atoms with van der Waals surface area (Å²) in [5.74, 6) is -1.17. The van der Waals surface area contributed by atoms with Crippen LogP contribution < -0.4 is 16.4 Å². The Morgan fingerprint density at radius 1 is 1.21 bits per heavy atom. The van der Waals surface area contributed by atoms with Gasteiger partial charge in [0.15, 0.2) is 11.7 Å². The van der Waals surface area contributed by atoms with Gasteiger partial charge in [0.05, 0.1) is 11.6 Å². The van der Waals surface area contributed by atoms with Gasteiger partial charge in [-0.05, 0) is 41.7 Å². The number of nitrogens with one attached hydrogen (secondary N) is 2. The molecule has 0 unspecified atom stereocenters. The smallest absolute Gasteiger partial charge is 0.365 e. The number of nitrogens with two attached hydrogens (primary N) is 1. The van der Waals surface area contributed by atoms with Gasteiger partial charge in [-0.15, -0.1) is 11.3 Å². The molecule has 1 aromatic carbocycles. The Labute approximate surface area is 232 Å². The molecule has 0 fully saturated rings. The van der Waals surface area contributed by atoms with Gasteiger partial charge in [0.25, 0.3) is 11.8 Å². The fraction of sp³-hybridized carbons (Fsp3) is 0.444. The molecule has 4 N–H and O–H groups in total. The van der Waals surface area contributed by atoms with E-state index >= 15 is 0 Å². The van der Waals surface area contributed by atoms with Gasteiger partial charge in [-0.1, -0.05) is 62.7 Å². The second kappa shape index (κ2) is 9.85. The lowest BCUT2D eigenvalue weighted by Crippen LogP contribution is -2.35. The van der Waals surface area contributed by atoms with E-state index in [4.69, 9.17) is 17.3 Å². The van der Waals surface area contributed by atoms with Crippen molar-refractivity contribution in [3.8, 4) is 0 Å². The molecule has 1 aliphatic carbocycles. The minimum absolute atomic E-state index is 0.0701. The number of alkyl halides is 3. The van der Waals surface area contributed by atoms with Crippen LogP contribution in [0.15, 0.2) is 30.3 Å². The number of nitrogens with zero attached hydrogens (tertiary/aromatic N) is 2. The number of carbonyl (C=O) groups is 2. The molecule has 0 spiro atoms. The third kappa shape index (κ3) is 5.14. The highest BCUT2D eigenvalue weighted by atomic mass is 35.5. The van der Waals surface area contributed by atoms with Crippen LogP contribution in [0.4, 0.5) is 24.0 Å². The minimum atomic E-state index is -4.62. The van der Waals surface area contributed by atoms with Gasteiger partial charge in [-0.25, -0.2) is 4.68 Å². The van der Waals surface area contributed by atoms with Crippen molar-refractivity contribution in [2.75, 3.05) is 10.6 Å². The topological polar surface area (TPSA) is 102 Å². The van der Waals surface area contributed by atoms with E-state index in [1.54, 1.807) is 30.3 Å². The Balaban J connectivity index is 1.48. The first-order valence-corrected chi connectivity index (χ1v) is 13.9. The van der Waals surface area contributed by atoms with Crippen LogP contribution >= 0.6 is 22.9 Å². The number of primary amides is 1. The minimum Gasteiger partial charge on any atom is -0.365 e. The Kier molecular flexibility index (Phi) is 6.95. The standard InChI is InChI=1S/C27H29ClF3N5O2S/c1-26(2,3)14-9-10-15-17(11-14)39-25(19(15)22(32)37)34-24(38)21-20(28)23-33-16(13-7-5-4-6-8-13)12-18(27(29,30)31)36(23)35-21/h4-8,14,16,18,33H,9-12H2,1-3H3,(H2,32,37)(H,34,38)/t14-,16-,18-/m1/s1. The number of benzene rings is 1. The van der Waals surface area contributed by atoms with Gasteiger partial charge in [0.2, 0.25) is 0 Å². The van der Waals surface area contributed by atoms with E-state index in [1.165, 1.54) is 11.3 Å². The zero-order valence-corrected chi connectivity index (χ0v) is 23.2. The largest absolute Gasteiger partial charge is 0.410 e. The predicted molar refractivity (Wildman–Crippen MR) is 146 cm³/mol. The first-order valence-electron chi connectivity index (χ1n) is 12.7. The molecule has 7 nitrogen and oxygen atoms in total. The van der Waals surface area contributed by atoms with Crippen LogP contribution in [0, 0.1) is 11.3 Å². The van der Waals surface area contributed by atoms with E-state index in [0.29, 0.717) is 17.9 Å². The highest BCUT2D eigenvalue weighted by Crippen LogP contribution is 2.47. The molecule has 0 saturated carbocycles. The number of aromatic nitrogens is 2. The van der Waals surface area contributed by atoms with Crippen LogP contribution in [0.3, 0.4) is 0 Å². The SMILES string of the molecule is CC(C)(C)[C@@H]1CCc2c(sc(NC(=O)c3nn4c(c3Cl)N[C@@H](c3ccccc3)C[C@@H]4C(F)(F)F)c2C(N)=O)C1. The van der Waals surface area contributed by atoms with Gasteiger partial charge in [-0.3, -0.25) is 9.59 Å². The Hall–Kier alpha value is -3.05. The first kappa shape index (κ1) is 27.5. The maximum Gasteiger partial charge on any atom is 0.410 e. The lowest BCUT2D eigenvalue weighted by molar-refractivity contribution is -0.173. The van der Waals surface area contributed by atoms with Crippen LogP contribution in [-0.4, -0.2) is 27.8 Å². The first-order chi connectivity index (χ1) is 18.3. The molecule has 1 aliphatic heterocycles. The summed E-state index contributed by atoms with van der Waals surface area (Å²) in [6.07, 6.45) is -2.66. The van der Waals surface area contributed by atoms with Gasteiger partial charge < -0.3 is 16.4 Å². The molecule has 2 aliphatic rings. The number of thiophene rings is 1. The molecule has 208 valence electrons. The fourth-order valence-electron chi connectivity index (χ4n) is 5.47. The number of fused-ring (bicyclic) bond motifs is 2. The number of amides is 2. The number of rotatable bonds is 4. The van der Waals surface area contributed by atoms with E-state index in [0.717, 1.165) is 28.0 Å². The van der Waals surface area contributed by atoms with Crippen LogP contribution in [0.2, 0.25) is 5.02 Å². The van der Waals surface area contributed by atoms with E-state index in [2.05, 4.69) is 36.5 Å². The van der Waals surface area contributed by atoms with Gasteiger partial charge in [-0.2, -0.15) is 18.3 Å². The normalized spacial score (nSPS) is 21.1. The number of carbonyl (C=O) groups excluding carboxylic acids is 2. The molecular formula is C27H29ClF3N5O2S. The van der Waals surface area contributed by atoms with Crippen LogP contribution in [0.1, 0.15) is 82.5 Å². The summed E-state index contributed by atoms with van der Waals surface area (Å²) in [5.41, 5.74) is 7.13. The van der Waals surface area contributed by atoms with Crippen molar-refractivity contribution >= 4 is 45.6 Å². The third-order valence-corrected chi connectivity index (χ3v) is 9.20. The van der Waals surface area contributed by atoms with Crippen molar-refractivity contribution in [2.45, 2.75) is 64.7 Å². The summed E-state index contributed by atoms with van der Waals surface area (Å²) in [6.45, 7) is 6.50. The monoisotopic (exact) mass is 579 g/mol. The molecule has 2 amide bonds. The maximum absolute atomic E-state index is 14.1. The van der Waals surface area contributed by atoms with Gasteiger partial charge in [0, 0.05) is 11.3 Å². The molecule has 5 rings (SSSR count). The Bertz CT molecular complexity index is 1430. The van der Waals surface area contributed by atoms with E-state index in [9.17, 15) is 22.8 Å². The number of hydrogen-bond acceptors (Lipinski definition) is 5. The van der Waals surface area contributed by atoms with Gasteiger partial charge in [0.1, 0.15) is 15.8 Å². The van der Waals surface area contributed by atoms with Crippen molar-refractivity contribution in [1.82, 2.24) is 9.78 Å². The molecule has 12 heteroatoms. The van der Waals surface area contributed by atoms with E-state index in [1.807, 2.05) is 0 Å². The van der Waals surface area contributed by atoms with Crippen molar-refractivity contribution < 1.29 is 22.8 Å². The van der Waals surface area contributed by atoms with Crippen LogP contribution in [-0.2, 0) is 12.8 Å². The molecule has 2 aromatic heterocycles. The molecule has 3 atom stereocenters. The van der Waals surface area contributed by atoms with E-state index < -0.39 is 30.1 Å². The summed E-state index contributed by atoms with van der Waals surface area (Å²) >= 11 is 7.75. The Morgan fingerprint density at radius 2 is 1.90 bits per heavy atom. The zero-order chi connectivity index (χ0) is 28.3. The van der Waals surface area contributed by atoms with Crippen molar-refractivity contribution in [3.63, 3.8) is 0 Å². The van der Waals surface area contributed by atoms with Gasteiger partial charge >= 0.3 is 6.18 Å². The van der Waals surface area contributed by atoms with Crippen LogP contribution in [0.5, 0.6) is 0 Å². The van der Waals surface area contributed by atoms with Crippen LogP contribution in [0.25, 0.3) is 0 Å². The summed E-state index contributed by atoms with van der Waals surface area (Å²) < 4.78 is 43.0.